The predicted octanol–water partition coefficient (Wildman–Crippen LogP) is 0.847. The maximum Gasteiger partial charge on any atom is 0.326 e. The molecule has 1 aliphatic heterocycles. The van der Waals surface area contributed by atoms with Crippen molar-refractivity contribution in [1.29, 1.82) is 0 Å². The van der Waals surface area contributed by atoms with Gasteiger partial charge in [0.2, 0.25) is 0 Å². The summed E-state index contributed by atoms with van der Waals surface area (Å²) in [4.78, 5) is 11.4. The van der Waals surface area contributed by atoms with E-state index in [-0.39, 0.29) is 12.1 Å². The SMILES string of the molecule is COC(=O)[C@@H]1NCO[C@H]1c1ccccc1. The molecule has 4 nitrogen and oxygen atoms in total. The van der Waals surface area contributed by atoms with Crippen molar-refractivity contribution in [1.82, 2.24) is 5.32 Å². The van der Waals surface area contributed by atoms with E-state index in [4.69, 9.17) is 9.47 Å². The van der Waals surface area contributed by atoms with E-state index in [1.54, 1.807) is 0 Å². The average Bonchev–Trinajstić information content (AvgIpc) is 2.78. The molecule has 0 bridgehead atoms. The number of hydrogen-bond acceptors (Lipinski definition) is 4. The molecule has 1 aromatic carbocycles. The molecule has 1 heterocycles. The van der Waals surface area contributed by atoms with Gasteiger partial charge in [0.05, 0.1) is 13.8 Å². The first kappa shape index (κ1) is 10.1. The van der Waals surface area contributed by atoms with Gasteiger partial charge in [-0.2, -0.15) is 0 Å². The van der Waals surface area contributed by atoms with Gasteiger partial charge in [0, 0.05) is 0 Å². The molecule has 0 aliphatic carbocycles. The number of rotatable bonds is 2. The van der Waals surface area contributed by atoms with Crippen molar-refractivity contribution < 1.29 is 14.3 Å². The van der Waals surface area contributed by atoms with Crippen LogP contribution < -0.4 is 5.32 Å². The summed E-state index contributed by atoms with van der Waals surface area (Å²) in [7, 11) is 1.38. The van der Waals surface area contributed by atoms with E-state index in [1.807, 2.05) is 30.3 Å². The third-order valence-corrected chi connectivity index (χ3v) is 2.45. The lowest BCUT2D eigenvalue weighted by atomic mass is 10.0. The van der Waals surface area contributed by atoms with E-state index in [0.717, 1.165) is 5.56 Å². The van der Waals surface area contributed by atoms with E-state index < -0.39 is 6.04 Å². The van der Waals surface area contributed by atoms with Gasteiger partial charge in [0.1, 0.15) is 12.1 Å². The minimum atomic E-state index is -0.405. The summed E-state index contributed by atoms with van der Waals surface area (Å²) in [6, 6.07) is 9.24. The van der Waals surface area contributed by atoms with Gasteiger partial charge in [-0.05, 0) is 5.56 Å². The van der Waals surface area contributed by atoms with Gasteiger partial charge < -0.3 is 9.47 Å². The Bertz CT molecular complexity index is 339. The van der Waals surface area contributed by atoms with E-state index in [1.165, 1.54) is 7.11 Å². The molecular formula is C11H13NO3. The van der Waals surface area contributed by atoms with Crippen LogP contribution in [0.2, 0.25) is 0 Å². The minimum Gasteiger partial charge on any atom is -0.468 e. The van der Waals surface area contributed by atoms with Crippen LogP contribution in [0.25, 0.3) is 0 Å². The Balaban J connectivity index is 2.18. The Labute approximate surface area is 88.2 Å². The molecule has 0 radical (unpaired) electrons. The van der Waals surface area contributed by atoms with E-state index in [2.05, 4.69) is 5.32 Å². The molecule has 0 spiro atoms. The van der Waals surface area contributed by atoms with E-state index in [0.29, 0.717) is 6.73 Å². The van der Waals surface area contributed by atoms with Gasteiger partial charge in [-0.1, -0.05) is 30.3 Å². The molecule has 1 N–H and O–H groups in total. The number of methoxy groups -OCH3 is 1. The first-order chi connectivity index (χ1) is 7.33. The summed E-state index contributed by atoms with van der Waals surface area (Å²) in [5, 5.41) is 2.96. The number of hydrogen-bond donors (Lipinski definition) is 1. The number of nitrogens with one attached hydrogen (secondary N) is 1. The fourth-order valence-electron chi connectivity index (χ4n) is 1.70. The van der Waals surface area contributed by atoms with Crippen molar-refractivity contribution in [2.75, 3.05) is 13.8 Å². The van der Waals surface area contributed by atoms with Gasteiger partial charge in [0.25, 0.3) is 0 Å². The van der Waals surface area contributed by atoms with Crippen LogP contribution in [-0.4, -0.2) is 25.9 Å². The van der Waals surface area contributed by atoms with Crippen LogP contribution in [0.4, 0.5) is 0 Å². The highest BCUT2D eigenvalue weighted by molar-refractivity contribution is 5.77. The molecule has 80 valence electrons. The molecule has 0 aromatic heterocycles. The fourth-order valence-corrected chi connectivity index (χ4v) is 1.70. The lowest BCUT2D eigenvalue weighted by molar-refractivity contribution is -0.144. The summed E-state index contributed by atoms with van der Waals surface area (Å²) >= 11 is 0. The van der Waals surface area contributed by atoms with E-state index in [9.17, 15) is 4.79 Å². The van der Waals surface area contributed by atoms with Crippen molar-refractivity contribution in [2.45, 2.75) is 12.1 Å². The first-order valence-electron chi connectivity index (χ1n) is 4.80. The number of ether oxygens (including phenoxy) is 2. The summed E-state index contributed by atoms with van der Waals surface area (Å²) in [6.45, 7) is 0.374. The molecule has 2 rings (SSSR count). The van der Waals surface area contributed by atoms with Gasteiger partial charge >= 0.3 is 5.97 Å². The normalized spacial score (nSPS) is 25.1. The third kappa shape index (κ3) is 2.00. The Morgan fingerprint density at radius 3 is 2.87 bits per heavy atom. The Morgan fingerprint density at radius 2 is 2.20 bits per heavy atom. The summed E-state index contributed by atoms with van der Waals surface area (Å²) in [6.07, 6.45) is -0.251. The molecule has 1 aromatic rings. The average molecular weight is 207 g/mol. The fraction of sp³-hybridized carbons (Fsp3) is 0.364. The van der Waals surface area contributed by atoms with Crippen molar-refractivity contribution >= 4 is 5.97 Å². The highest BCUT2D eigenvalue weighted by Gasteiger charge is 2.35. The largest absolute Gasteiger partial charge is 0.468 e. The molecule has 1 aliphatic rings. The van der Waals surface area contributed by atoms with Crippen molar-refractivity contribution in [2.24, 2.45) is 0 Å². The third-order valence-electron chi connectivity index (χ3n) is 2.45. The molecule has 4 heteroatoms. The zero-order chi connectivity index (χ0) is 10.7. The van der Waals surface area contributed by atoms with Gasteiger partial charge in [-0.3, -0.25) is 10.1 Å². The molecule has 15 heavy (non-hydrogen) atoms. The van der Waals surface area contributed by atoms with Crippen LogP contribution in [-0.2, 0) is 14.3 Å². The van der Waals surface area contributed by atoms with Crippen LogP contribution in [0.15, 0.2) is 30.3 Å². The molecule has 0 amide bonds. The quantitative estimate of drug-likeness (QED) is 0.730. The number of carbonyl (C=O) groups excluding carboxylic acids is 1. The summed E-state index contributed by atoms with van der Waals surface area (Å²) in [5.74, 6) is -0.290. The first-order valence-corrected chi connectivity index (χ1v) is 4.80. The zero-order valence-electron chi connectivity index (χ0n) is 8.47. The topological polar surface area (TPSA) is 47.6 Å². The van der Waals surface area contributed by atoms with Gasteiger partial charge in [-0.15, -0.1) is 0 Å². The van der Waals surface area contributed by atoms with Crippen molar-refractivity contribution in [3.8, 4) is 0 Å². The van der Waals surface area contributed by atoms with Crippen molar-refractivity contribution in [3.63, 3.8) is 0 Å². The van der Waals surface area contributed by atoms with Crippen LogP contribution in [0.3, 0.4) is 0 Å². The van der Waals surface area contributed by atoms with Crippen LogP contribution >= 0.6 is 0 Å². The molecule has 0 unspecified atom stereocenters. The monoisotopic (exact) mass is 207 g/mol. The molecule has 1 saturated heterocycles. The second-order valence-electron chi connectivity index (χ2n) is 3.35. The second-order valence-corrected chi connectivity index (χ2v) is 3.35. The van der Waals surface area contributed by atoms with E-state index >= 15 is 0 Å². The highest BCUT2D eigenvalue weighted by Crippen LogP contribution is 2.25. The number of esters is 1. The number of benzene rings is 1. The van der Waals surface area contributed by atoms with Gasteiger partial charge in [0.15, 0.2) is 0 Å². The highest BCUT2D eigenvalue weighted by atomic mass is 16.5. The maximum atomic E-state index is 11.4. The second kappa shape index (κ2) is 4.42. The Hall–Kier alpha value is -1.39. The standard InChI is InChI=1S/C11H13NO3/c1-14-11(13)9-10(15-7-12-9)8-5-3-2-4-6-8/h2-6,9-10,12H,7H2,1H3/t9-,10+/m1/s1. The van der Waals surface area contributed by atoms with Crippen LogP contribution in [0.5, 0.6) is 0 Å². The number of carbonyl (C=O) groups is 1. The lowest BCUT2D eigenvalue weighted by Crippen LogP contribution is -2.35. The molecule has 2 atom stereocenters. The Kier molecular flexibility index (Phi) is 2.99. The summed E-state index contributed by atoms with van der Waals surface area (Å²) < 4.78 is 10.2. The van der Waals surface area contributed by atoms with Crippen molar-refractivity contribution in [3.05, 3.63) is 35.9 Å². The lowest BCUT2D eigenvalue weighted by Gasteiger charge is -2.15. The zero-order valence-corrected chi connectivity index (χ0v) is 8.47. The summed E-state index contributed by atoms with van der Waals surface area (Å²) in [5.41, 5.74) is 0.984. The Morgan fingerprint density at radius 1 is 1.47 bits per heavy atom. The van der Waals surface area contributed by atoms with Crippen LogP contribution in [0.1, 0.15) is 11.7 Å². The van der Waals surface area contributed by atoms with Crippen LogP contribution in [0, 0.1) is 0 Å². The van der Waals surface area contributed by atoms with Gasteiger partial charge in [-0.25, -0.2) is 0 Å². The molecule has 1 fully saturated rings. The maximum absolute atomic E-state index is 11.4. The molecular weight excluding hydrogens is 194 g/mol. The molecule has 0 saturated carbocycles. The minimum absolute atomic E-state index is 0.251. The smallest absolute Gasteiger partial charge is 0.326 e. The predicted molar refractivity (Wildman–Crippen MR) is 54.1 cm³/mol.